The highest BCUT2D eigenvalue weighted by molar-refractivity contribution is 6.06. The largest absolute Gasteiger partial charge is 0.321 e. The first kappa shape index (κ1) is 11.3. The lowest BCUT2D eigenvalue weighted by atomic mass is 10.1. The molecule has 0 aliphatic rings. The summed E-state index contributed by atoms with van der Waals surface area (Å²) in [5.41, 5.74) is 2.16. The number of benzene rings is 1. The van der Waals surface area contributed by atoms with E-state index in [9.17, 15) is 4.79 Å². The van der Waals surface area contributed by atoms with Crippen LogP contribution in [0.5, 0.6) is 0 Å². The number of anilines is 1. The molecule has 92 valence electrons. The van der Waals surface area contributed by atoms with Crippen molar-refractivity contribution in [1.82, 2.24) is 9.97 Å². The molecule has 0 bridgehead atoms. The van der Waals surface area contributed by atoms with Crippen LogP contribution in [0, 0.1) is 0 Å². The Balaban J connectivity index is 1.89. The fourth-order valence-electron chi connectivity index (χ4n) is 1.86. The topological polar surface area (TPSA) is 54.9 Å². The van der Waals surface area contributed by atoms with Crippen LogP contribution in [0.1, 0.15) is 10.4 Å². The van der Waals surface area contributed by atoms with E-state index in [0.29, 0.717) is 11.3 Å². The van der Waals surface area contributed by atoms with Crippen LogP contribution in [0.2, 0.25) is 0 Å². The van der Waals surface area contributed by atoms with Gasteiger partial charge in [-0.2, -0.15) is 0 Å². The van der Waals surface area contributed by atoms with Crippen molar-refractivity contribution in [1.29, 1.82) is 0 Å². The van der Waals surface area contributed by atoms with Gasteiger partial charge in [-0.3, -0.25) is 14.8 Å². The highest BCUT2D eigenvalue weighted by Gasteiger charge is 2.06. The maximum Gasteiger partial charge on any atom is 0.255 e. The molecular weight excluding hydrogens is 238 g/mol. The van der Waals surface area contributed by atoms with Crippen LogP contribution in [0.4, 0.5) is 5.69 Å². The van der Waals surface area contributed by atoms with E-state index < -0.39 is 0 Å². The van der Waals surface area contributed by atoms with Crippen LogP contribution in [-0.2, 0) is 0 Å². The van der Waals surface area contributed by atoms with Crippen molar-refractivity contribution in [3.8, 4) is 0 Å². The minimum Gasteiger partial charge on any atom is -0.321 e. The molecule has 19 heavy (non-hydrogen) atoms. The molecule has 0 radical (unpaired) electrons. The molecule has 0 atom stereocenters. The van der Waals surface area contributed by atoms with E-state index >= 15 is 0 Å². The highest BCUT2D eigenvalue weighted by Crippen LogP contribution is 2.14. The van der Waals surface area contributed by atoms with Crippen LogP contribution in [0.3, 0.4) is 0 Å². The van der Waals surface area contributed by atoms with Crippen LogP contribution in [0.15, 0.2) is 61.1 Å². The molecule has 0 saturated heterocycles. The Bertz CT molecular complexity index is 726. The van der Waals surface area contributed by atoms with E-state index in [1.165, 1.54) is 0 Å². The number of hydrogen-bond donors (Lipinski definition) is 1. The van der Waals surface area contributed by atoms with Crippen molar-refractivity contribution in [2.75, 3.05) is 5.32 Å². The minimum absolute atomic E-state index is 0.154. The lowest BCUT2D eigenvalue weighted by molar-refractivity contribution is 0.102. The highest BCUT2D eigenvalue weighted by atomic mass is 16.1. The summed E-state index contributed by atoms with van der Waals surface area (Å²) >= 11 is 0. The Hall–Kier alpha value is -2.75. The molecule has 0 unspecified atom stereocenters. The second-order valence-electron chi connectivity index (χ2n) is 4.11. The number of aromatic nitrogens is 2. The third kappa shape index (κ3) is 2.42. The third-order valence-corrected chi connectivity index (χ3v) is 2.78. The molecule has 0 fully saturated rings. The summed E-state index contributed by atoms with van der Waals surface area (Å²) in [6.45, 7) is 0. The number of carbonyl (C=O) groups is 1. The first-order valence-electron chi connectivity index (χ1n) is 5.89. The Morgan fingerprint density at radius 1 is 1.05 bits per heavy atom. The van der Waals surface area contributed by atoms with Gasteiger partial charge in [-0.05, 0) is 36.4 Å². The Morgan fingerprint density at radius 2 is 1.95 bits per heavy atom. The molecule has 2 aromatic heterocycles. The van der Waals surface area contributed by atoms with Crippen LogP contribution < -0.4 is 5.32 Å². The lowest BCUT2D eigenvalue weighted by Crippen LogP contribution is -2.11. The van der Waals surface area contributed by atoms with E-state index in [1.807, 2.05) is 24.3 Å². The number of rotatable bonds is 2. The van der Waals surface area contributed by atoms with E-state index in [0.717, 1.165) is 10.9 Å². The summed E-state index contributed by atoms with van der Waals surface area (Å²) in [6, 6.07) is 12.8. The number of fused-ring (bicyclic) bond motifs is 1. The minimum atomic E-state index is -0.154. The quantitative estimate of drug-likeness (QED) is 0.759. The average Bonchev–Trinajstić information content (AvgIpc) is 2.48. The molecule has 1 N–H and O–H groups in total. The second-order valence-corrected chi connectivity index (χ2v) is 4.11. The number of carbonyl (C=O) groups excluding carboxylic acids is 1. The summed E-state index contributed by atoms with van der Waals surface area (Å²) in [4.78, 5) is 20.3. The first-order valence-corrected chi connectivity index (χ1v) is 5.89. The van der Waals surface area contributed by atoms with Gasteiger partial charge in [0.1, 0.15) is 0 Å². The fraction of sp³-hybridized carbons (Fsp3) is 0. The van der Waals surface area contributed by atoms with Gasteiger partial charge in [0.05, 0.1) is 17.4 Å². The maximum absolute atomic E-state index is 12.1. The van der Waals surface area contributed by atoms with Crippen molar-refractivity contribution in [3.63, 3.8) is 0 Å². The Labute approximate surface area is 110 Å². The molecular formula is C15H11N3O. The normalized spacial score (nSPS) is 10.3. The van der Waals surface area contributed by atoms with Gasteiger partial charge in [-0.15, -0.1) is 0 Å². The molecule has 1 aromatic carbocycles. The molecule has 4 heteroatoms. The summed E-state index contributed by atoms with van der Waals surface area (Å²) < 4.78 is 0. The average molecular weight is 249 g/mol. The van der Waals surface area contributed by atoms with Gasteiger partial charge in [0.25, 0.3) is 5.91 Å². The predicted octanol–water partition coefficient (Wildman–Crippen LogP) is 2.88. The zero-order valence-electron chi connectivity index (χ0n) is 10.1. The smallest absolute Gasteiger partial charge is 0.255 e. The Kier molecular flexibility index (Phi) is 2.90. The van der Waals surface area contributed by atoms with Gasteiger partial charge < -0.3 is 5.32 Å². The maximum atomic E-state index is 12.1. The molecule has 0 aliphatic heterocycles. The lowest BCUT2D eigenvalue weighted by Gasteiger charge is -2.05. The van der Waals surface area contributed by atoms with E-state index in [-0.39, 0.29) is 5.91 Å². The van der Waals surface area contributed by atoms with Gasteiger partial charge in [0.15, 0.2) is 0 Å². The number of pyridine rings is 2. The zero-order chi connectivity index (χ0) is 13.1. The number of nitrogens with one attached hydrogen (secondary N) is 1. The Morgan fingerprint density at radius 3 is 2.79 bits per heavy atom. The van der Waals surface area contributed by atoms with Crippen LogP contribution >= 0.6 is 0 Å². The number of amides is 1. The van der Waals surface area contributed by atoms with Crippen LogP contribution in [0.25, 0.3) is 10.9 Å². The van der Waals surface area contributed by atoms with Gasteiger partial charge in [0, 0.05) is 23.3 Å². The molecule has 2 heterocycles. The summed E-state index contributed by atoms with van der Waals surface area (Å²) in [6.07, 6.45) is 5.01. The molecule has 0 spiro atoms. The van der Waals surface area contributed by atoms with Crippen LogP contribution in [-0.4, -0.2) is 15.9 Å². The molecule has 0 saturated carbocycles. The first-order chi connectivity index (χ1) is 9.33. The van der Waals surface area contributed by atoms with Crippen molar-refractivity contribution >= 4 is 22.5 Å². The molecule has 1 amide bonds. The molecule has 3 rings (SSSR count). The van der Waals surface area contributed by atoms with Gasteiger partial charge in [-0.1, -0.05) is 6.07 Å². The summed E-state index contributed by atoms with van der Waals surface area (Å²) in [7, 11) is 0. The van der Waals surface area contributed by atoms with Crippen molar-refractivity contribution < 1.29 is 4.79 Å². The van der Waals surface area contributed by atoms with Gasteiger partial charge in [0.2, 0.25) is 0 Å². The van der Waals surface area contributed by atoms with Gasteiger partial charge >= 0.3 is 0 Å². The standard InChI is InChI=1S/C15H11N3O/c19-15(18-13-4-2-7-16-10-13)12-5-6-14-11(9-12)3-1-8-17-14/h1-10H,(H,18,19). The van der Waals surface area contributed by atoms with Gasteiger partial charge in [-0.25, -0.2) is 0 Å². The number of hydrogen-bond acceptors (Lipinski definition) is 3. The van der Waals surface area contributed by atoms with E-state index in [2.05, 4.69) is 15.3 Å². The SMILES string of the molecule is O=C(Nc1cccnc1)c1ccc2ncccc2c1. The molecule has 4 nitrogen and oxygen atoms in total. The van der Waals surface area contributed by atoms with Crippen molar-refractivity contribution in [3.05, 3.63) is 66.6 Å². The van der Waals surface area contributed by atoms with E-state index in [4.69, 9.17) is 0 Å². The van der Waals surface area contributed by atoms with Crippen molar-refractivity contribution in [2.45, 2.75) is 0 Å². The molecule has 0 aliphatic carbocycles. The molecule has 3 aromatic rings. The summed E-state index contributed by atoms with van der Waals surface area (Å²) in [5, 5.41) is 3.75. The van der Waals surface area contributed by atoms with E-state index in [1.54, 1.807) is 36.8 Å². The summed E-state index contributed by atoms with van der Waals surface area (Å²) in [5.74, 6) is -0.154. The van der Waals surface area contributed by atoms with Crippen molar-refractivity contribution in [2.24, 2.45) is 0 Å². The second kappa shape index (κ2) is 4.86. The monoisotopic (exact) mass is 249 g/mol. The third-order valence-electron chi connectivity index (χ3n) is 2.78. The zero-order valence-corrected chi connectivity index (χ0v) is 10.1. The number of nitrogens with zero attached hydrogens (tertiary/aromatic N) is 2. The fourth-order valence-corrected chi connectivity index (χ4v) is 1.86. The predicted molar refractivity (Wildman–Crippen MR) is 73.9 cm³/mol.